The van der Waals surface area contributed by atoms with E-state index < -0.39 is 15.4 Å². The van der Waals surface area contributed by atoms with E-state index in [1.54, 1.807) is 7.05 Å². The molecule has 0 amide bonds. The predicted octanol–water partition coefficient (Wildman–Crippen LogP) is -1.82. The van der Waals surface area contributed by atoms with Crippen molar-refractivity contribution in [2.75, 3.05) is 11.5 Å². The van der Waals surface area contributed by atoms with Crippen LogP contribution < -0.4 is 5.73 Å². The molecule has 1 atom stereocenters. The molecule has 7 nitrogen and oxygen atoms in total. The molecule has 1 unspecified atom stereocenters. The summed E-state index contributed by atoms with van der Waals surface area (Å²) in [6.07, 6.45) is 0.379. The summed E-state index contributed by atoms with van der Waals surface area (Å²) in [5.74, 6) is 0.462. The van der Waals surface area contributed by atoms with E-state index in [1.165, 1.54) is 4.68 Å². The van der Waals surface area contributed by atoms with Gasteiger partial charge in [-0.25, -0.2) is 13.1 Å². The number of aryl methyl sites for hydroxylation is 1. The van der Waals surface area contributed by atoms with Crippen molar-refractivity contribution in [1.82, 2.24) is 20.2 Å². The van der Waals surface area contributed by atoms with Crippen molar-refractivity contribution in [2.24, 2.45) is 12.8 Å². The minimum Gasteiger partial charge on any atom is -0.318 e. The van der Waals surface area contributed by atoms with Crippen LogP contribution in [0.5, 0.6) is 0 Å². The minimum absolute atomic E-state index is 0.0752. The summed E-state index contributed by atoms with van der Waals surface area (Å²) in [5.41, 5.74) is 5.04. The summed E-state index contributed by atoms with van der Waals surface area (Å²) in [4.78, 5) is 0. The van der Waals surface area contributed by atoms with Crippen LogP contribution in [0.1, 0.15) is 12.2 Å². The molecule has 2 rings (SSSR count). The zero-order valence-corrected chi connectivity index (χ0v) is 8.53. The van der Waals surface area contributed by atoms with Crippen LogP contribution in [0.2, 0.25) is 0 Å². The van der Waals surface area contributed by atoms with Crippen LogP contribution in [0.15, 0.2) is 0 Å². The van der Waals surface area contributed by atoms with Crippen molar-refractivity contribution in [1.29, 1.82) is 0 Å². The highest BCUT2D eigenvalue weighted by Crippen LogP contribution is 2.28. The van der Waals surface area contributed by atoms with E-state index in [4.69, 9.17) is 5.73 Å². The monoisotopic (exact) mass is 217 g/mol. The molecule has 78 valence electrons. The number of nitrogens with two attached hydrogens (primary N) is 1. The van der Waals surface area contributed by atoms with Crippen molar-refractivity contribution in [2.45, 2.75) is 12.0 Å². The number of nitrogens with zero attached hydrogens (tertiary/aromatic N) is 4. The summed E-state index contributed by atoms with van der Waals surface area (Å²) < 4.78 is 24.0. The largest absolute Gasteiger partial charge is 0.318 e. The molecule has 1 aromatic heterocycles. The van der Waals surface area contributed by atoms with Crippen LogP contribution in [-0.4, -0.2) is 40.1 Å². The van der Waals surface area contributed by atoms with Crippen LogP contribution in [-0.2, 0) is 22.4 Å². The number of rotatable bonds is 1. The quantitative estimate of drug-likeness (QED) is 0.594. The van der Waals surface area contributed by atoms with E-state index in [0.29, 0.717) is 12.2 Å². The zero-order valence-electron chi connectivity index (χ0n) is 7.71. The highest BCUT2D eigenvalue weighted by Gasteiger charge is 2.43. The number of hydrogen-bond donors (Lipinski definition) is 1. The Morgan fingerprint density at radius 3 is 2.71 bits per heavy atom. The van der Waals surface area contributed by atoms with Gasteiger partial charge in [0.1, 0.15) is 0 Å². The first kappa shape index (κ1) is 9.53. The fraction of sp³-hybridized carbons (Fsp3) is 0.833. The normalized spacial score (nSPS) is 30.7. The molecule has 0 saturated carbocycles. The van der Waals surface area contributed by atoms with Gasteiger partial charge in [-0.3, -0.25) is 0 Å². The molecule has 14 heavy (non-hydrogen) atoms. The lowest BCUT2D eigenvalue weighted by Crippen LogP contribution is -2.40. The Labute approximate surface area is 81.2 Å². The van der Waals surface area contributed by atoms with Gasteiger partial charge < -0.3 is 5.73 Å². The van der Waals surface area contributed by atoms with E-state index in [1.807, 2.05) is 0 Å². The maximum atomic E-state index is 11.3. The van der Waals surface area contributed by atoms with Crippen molar-refractivity contribution in [3.63, 3.8) is 0 Å². The molecular formula is C6H11N5O2S. The van der Waals surface area contributed by atoms with E-state index in [9.17, 15) is 8.42 Å². The lowest BCUT2D eigenvalue weighted by molar-refractivity contribution is 0.447. The van der Waals surface area contributed by atoms with Crippen molar-refractivity contribution < 1.29 is 8.42 Å². The van der Waals surface area contributed by atoms with E-state index in [2.05, 4.69) is 15.5 Å². The van der Waals surface area contributed by atoms with Crippen molar-refractivity contribution in [3.8, 4) is 0 Å². The second kappa shape index (κ2) is 2.74. The van der Waals surface area contributed by atoms with Crippen molar-refractivity contribution >= 4 is 9.84 Å². The molecule has 0 aliphatic carbocycles. The maximum Gasteiger partial charge on any atom is 0.172 e. The standard InChI is InChI=1S/C6H11N5O2S/c1-11-5(8-9-10-11)6(7)2-3-14(12,13)4-6/h2-4,7H2,1H3. The van der Waals surface area contributed by atoms with Gasteiger partial charge in [0.2, 0.25) is 0 Å². The van der Waals surface area contributed by atoms with Crippen LogP contribution in [0, 0.1) is 0 Å². The summed E-state index contributed by atoms with van der Waals surface area (Å²) in [6.45, 7) is 0. The maximum absolute atomic E-state index is 11.3. The SMILES string of the molecule is Cn1nnnc1C1(N)CCS(=O)(=O)C1. The third-order valence-corrected chi connectivity index (χ3v) is 4.18. The molecule has 1 saturated heterocycles. The first-order chi connectivity index (χ1) is 6.43. The Bertz CT molecular complexity index is 453. The Balaban J connectivity index is 2.41. The molecule has 0 spiro atoms. The van der Waals surface area contributed by atoms with Gasteiger partial charge in [0.25, 0.3) is 0 Å². The average molecular weight is 217 g/mol. The summed E-state index contributed by atoms with van der Waals surface area (Å²) >= 11 is 0. The Morgan fingerprint density at radius 2 is 2.29 bits per heavy atom. The van der Waals surface area contributed by atoms with Crippen LogP contribution in [0.4, 0.5) is 0 Å². The number of tetrazole rings is 1. The van der Waals surface area contributed by atoms with E-state index >= 15 is 0 Å². The molecule has 0 radical (unpaired) electrons. The minimum atomic E-state index is -3.03. The fourth-order valence-corrected chi connectivity index (χ4v) is 3.58. The van der Waals surface area contributed by atoms with Gasteiger partial charge >= 0.3 is 0 Å². The highest BCUT2D eigenvalue weighted by molar-refractivity contribution is 7.91. The topological polar surface area (TPSA) is 104 Å². The lowest BCUT2D eigenvalue weighted by Gasteiger charge is -2.18. The Hall–Kier alpha value is -1.02. The summed E-state index contributed by atoms with van der Waals surface area (Å²) in [6, 6.07) is 0. The second-order valence-electron chi connectivity index (χ2n) is 3.62. The van der Waals surface area contributed by atoms with Crippen LogP contribution >= 0.6 is 0 Å². The number of sulfone groups is 1. The van der Waals surface area contributed by atoms with Gasteiger partial charge in [0, 0.05) is 7.05 Å². The van der Waals surface area contributed by atoms with Gasteiger partial charge in [0.15, 0.2) is 15.7 Å². The Morgan fingerprint density at radius 1 is 1.57 bits per heavy atom. The molecule has 1 fully saturated rings. The molecule has 1 aromatic rings. The smallest absolute Gasteiger partial charge is 0.172 e. The third kappa shape index (κ3) is 1.40. The van der Waals surface area contributed by atoms with Gasteiger partial charge in [0.05, 0.1) is 17.0 Å². The highest BCUT2D eigenvalue weighted by atomic mass is 32.2. The van der Waals surface area contributed by atoms with E-state index in [-0.39, 0.29) is 11.5 Å². The number of aromatic nitrogens is 4. The fourth-order valence-electron chi connectivity index (χ4n) is 1.70. The van der Waals surface area contributed by atoms with Crippen molar-refractivity contribution in [3.05, 3.63) is 5.82 Å². The summed E-state index contributed by atoms with van der Waals surface area (Å²) in [7, 11) is -1.38. The first-order valence-electron chi connectivity index (χ1n) is 4.15. The molecule has 2 heterocycles. The van der Waals surface area contributed by atoms with Crippen LogP contribution in [0.3, 0.4) is 0 Å². The van der Waals surface area contributed by atoms with Gasteiger partial charge in [-0.2, -0.15) is 0 Å². The number of hydrogen-bond acceptors (Lipinski definition) is 6. The molecule has 2 N–H and O–H groups in total. The molecule has 8 heteroatoms. The molecular weight excluding hydrogens is 206 g/mol. The van der Waals surface area contributed by atoms with Gasteiger partial charge in [-0.1, -0.05) is 0 Å². The average Bonchev–Trinajstić information content (AvgIpc) is 2.57. The second-order valence-corrected chi connectivity index (χ2v) is 5.81. The van der Waals surface area contributed by atoms with E-state index in [0.717, 1.165) is 0 Å². The third-order valence-electron chi connectivity index (χ3n) is 2.40. The first-order valence-corrected chi connectivity index (χ1v) is 5.97. The molecule has 1 aliphatic rings. The predicted molar refractivity (Wildman–Crippen MR) is 47.9 cm³/mol. The summed E-state index contributed by atoms with van der Waals surface area (Å²) in [5, 5.41) is 10.8. The molecule has 0 bridgehead atoms. The molecule has 1 aliphatic heterocycles. The molecule has 0 aromatic carbocycles. The Kier molecular flexibility index (Phi) is 1.86. The zero-order chi connectivity index (χ0) is 10.4. The lowest BCUT2D eigenvalue weighted by atomic mass is 10.00. The van der Waals surface area contributed by atoms with Gasteiger partial charge in [-0.05, 0) is 16.8 Å². The van der Waals surface area contributed by atoms with Gasteiger partial charge in [-0.15, -0.1) is 5.10 Å². The van der Waals surface area contributed by atoms with Crippen LogP contribution in [0.25, 0.3) is 0 Å².